The molecule has 0 N–H and O–H groups in total. The third-order valence-electron chi connectivity index (χ3n) is 1.02. The van der Waals surface area contributed by atoms with Crippen molar-refractivity contribution < 1.29 is 14.3 Å². The minimum absolute atomic E-state index is 0.162. The SMILES string of the molecule is [CH2]CCCC(=O)OC(=O)C(Cl)Cl. The summed E-state index contributed by atoms with van der Waals surface area (Å²) in [6.45, 7) is 3.53. The van der Waals surface area contributed by atoms with Gasteiger partial charge in [0.25, 0.3) is 0 Å². The summed E-state index contributed by atoms with van der Waals surface area (Å²) in [4.78, 5) is 20.0. The van der Waals surface area contributed by atoms with Gasteiger partial charge in [0.15, 0.2) is 0 Å². The van der Waals surface area contributed by atoms with Gasteiger partial charge in [0, 0.05) is 6.42 Å². The van der Waals surface area contributed by atoms with Crippen LogP contribution in [0.1, 0.15) is 19.3 Å². The summed E-state index contributed by atoms with van der Waals surface area (Å²) in [5, 5.41) is 0. The van der Waals surface area contributed by atoms with E-state index < -0.39 is 16.8 Å². The lowest BCUT2D eigenvalue weighted by molar-refractivity contribution is -0.158. The molecule has 5 heteroatoms. The maximum atomic E-state index is 10.7. The molecule has 0 aliphatic rings. The van der Waals surface area contributed by atoms with Crippen LogP contribution in [-0.4, -0.2) is 16.8 Å². The minimum atomic E-state index is -1.30. The monoisotopic (exact) mass is 211 g/mol. The second-order valence-electron chi connectivity index (χ2n) is 2.05. The first-order chi connectivity index (χ1) is 5.57. The number of carbonyl (C=O) groups excluding carboxylic acids is 2. The van der Waals surface area contributed by atoms with E-state index in [0.29, 0.717) is 12.8 Å². The Bertz CT molecular complexity index is 168. The Morgan fingerprint density at radius 3 is 2.42 bits per heavy atom. The van der Waals surface area contributed by atoms with E-state index in [2.05, 4.69) is 11.7 Å². The van der Waals surface area contributed by atoms with Crippen molar-refractivity contribution in [2.75, 3.05) is 0 Å². The molecule has 0 aromatic rings. The minimum Gasteiger partial charge on any atom is -0.391 e. The number of ether oxygens (including phenoxy) is 1. The highest BCUT2D eigenvalue weighted by Crippen LogP contribution is 2.05. The van der Waals surface area contributed by atoms with Crippen LogP contribution in [0.5, 0.6) is 0 Å². The fourth-order valence-electron chi connectivity index (χ4n) is 0.477. The van der Waals surface area contributed by atoms with E-state index in [1.54, 1.807) is 0 Å². The standard InChI is InChI=1S/C7H9Cl2O3/c1-2-3-4-5(10)12-7(11)6(8)9/h6H,1-4H2. The van der Waals surface area contributed by atoms with Crippen molar-refractivity contribution in [3.8, 4) is 0 Å². The molecule has 0 atom stereocenters. The van der Waals surface area contributed by atoms with Crippen LogP contribution in [0.3, 0.4) is 0 Å². The Balaban J connectivity index is 3.62. The van der Waals surface area contributed by atoms with Gasteiger partial charge >= 0.3 is 11.9 Å². The molecule has 0 aromatic heterocycles. The van der Waals surface area contributed by atoms with Gasteiger partial charge in [0.05, 0.1) is 0 Å². The zero-order valence-corrected chi connectivity index (χ0v) is 7.90. The molecule has 0 aliphatic carbocycles. The first-order valence-corrected chi connectivity index (χ1v) is 4.27. The van der Waals surface area contributed by atoms with Crippen molar-refractivity contribution >= 4 is 35.1 Å². The molecule has 0 rings (SSSR count). The number of hydrogen-bond donors (Lipinski definition) is 0. The van der Waals surface area contributed by atoms with Gasteiger partial charge in [0.2, 0.25) is 4.84 Å². The summed E-state index contributed by atoms with van der Waals surface area (Å²) < 4.78 is 4.24. The predicted molar refractivity (Wildman–Crippen MR) is 45.8 cm³/mol. The Morgan fingerprint density at radius 1 is 1.42 bits per heavy atom. The van der Waals surface area contributed by atoms with Crippen LogP contribution in [0.2, 0.25) is 0 Å². The summed E-state index contributed by atoms with van der Waals surface area (Å²) in [7, 11) is 0. The highest BCUT2D eigenvalue weighted by Gasteiger charge is 2.16. The fourth-order valence-corrected chi connectivity index (χ4v) is 0.566. The normalized spacial score (nSPS) is 10.0. The van der Waals surface area contributed by atoms with E-state index in [-0.39, 0.29) is 6.42 Å². The fraction of sp³-hybridized carbons (Fsp3) is 0.571. The summed E-state index contributed by atoms with van der Waals surface area (Å²) in [5.74, 6) is -1.54. The lowest BCUT2D eigenvalue weighted by Gasteiger charge is -2.01. The zero-order valence-electron chi connectivity index (χ0n) is 6.39. The number of halogens is 2. The molecule has 69 valence electrons. The molecule has 0 aliphatic heterocycles. The summed E-state index contributed by atoms with van der Waals surface area (Å²) in [5.41, 5.74) is 0. The Hall–Kier alpha value is -0.280. The zero-order chi connectivity index (χ0) is 9.56. The van der Waals surface area contributed by atoms with E-state index in [9.17, 15) is 9.59 Å². The van der Waals surface area contributed by atoms with Crippen LogP contribution in [0.15, 0.2) is 0 Å². The highest BCUT2D eigenvalue weighted by atomic mass is 35.5. The third kappa shape index (κ3) is 5.38. The molecule has 0 amide bonds. The molecule has 12 heavy (non-hydrogen) atoms. The molecular formula is C7H9Cl2O3. The van der Waals surface area contributed by atoms with Crippen molar-refractivity contribution in [1.29, 1.82) is 0 Å². The maximum absolute atomic E-state index is 10.7. The van der Waals surface area contributed by atoms with Gasteiger partial charge in [-0.05, 0) is 6.42 Å². The Morgan fingerprint density at radius 2 is 2.00 bits per heavy atom. The number of hydrogen-bond acceptors (Lipinski definition) is 3. The summed E-state index contributed by atoms with van der Waals surface area (Å²) >= 11 is 10.3. The average molecular weight is 212 g/mol. The first-order valence-electron chi connectivity index (χ1n) is 3.40. The van der Waals surface area contributed by atoms with E-state index in [1.165, 1.54) is 0 Å². The molecule has 1 radical (unpaired) electrons. The van der Waals surface area contributed by atoms with E-state index in [4.69, 9.17) is 23.2 Å². The molecule has 0 saturated heterocycles. The van der Waals surface area contributed by atoms with Crippen molar-refractivity contribution in [1.82, 2.24) is 0 Å². The molecule has 0 fully saturated rings. The van der Waals surface area contributed by atoms with Gasteiger partial charge < -0.3 is 4.74 Å². The van der Waals surface area contributed by atoms with Crippen molar-refractivity contribution in [3.05, 3.63) is 6.92 Å². The van der Waals surface area contributed by atoms with E-state index >= 15 is 0 Å². The van der Waals surface area contributed by atoms with Crippen molar-refractivity contribution in [2.24, 2.45) is 0 Å². The van der Waals surface area contributed by atoms with Gasteiger partial charge in [-0.3, -0.25) is 4.79 Å². The van der Waals surface area contributed by atoms with Gasteiger partial charge in [-0.25, -0.2) is 4.79 Å². The van der Waals surface area contributed by atoms with Crippen LogP contribution >= 0.6 is 23.2 Å². The van der Waals surface area contributed by atoms with Crippen LogP contribution in [0, 0.1) is 6.92 Å². The van der Waals surface area contributed by atoms with Crippen molar-refractivity contribution in [3.63, 3.8) is 0 Å². The lowest BCUT2D eigenvalue weighted by Crippen LogP contribution is -2.17. The van der Waals surface area contributed by atoms with Gasteiger partial charge in [-0.15, -0.1) is 0 Å². The largest absolute Gasteiger partial charge is 0.391 e. The topological polar surface area (TPSA) is 43.4 Å². The molecule has 0 aromatic carbocycles. The molecule has 0 bridgehead atoms. The third-order valence-corrected chi connectivity index (χ3v) is 1.38. The van der Waals surface area contributed by atoms with E-state index in [0.717, 1.165) is 0 Å². The Labute approximate surface area is 81.0 Å². The smallest absolute Gasteiger partial charge is 0.347 e. The molecule has 0 saturated carbocycles. The van der Waals surface area contributed by atoms with Crippen LogP contribution in [-0.2, 0) is 14.3 Å². The lowest BCUT2D eigenvalue weighted by atomic mass is 10.2. The van der Waals surface area contributed by atoms with Gasteiger partial charge in [-0.2, -0.15) is 0 Å². The predicted octanol–water partition coefficient (Wildman–Crippen LogP) is 1.86. The molecule has 0 heterocycles. The van der Waals surface area contributed by atoms with Gasteiger partial charge in [0.1, 0.15) is 0 Å². The summed E-state index contributed by atoms with van der Waals surface area (Å²) in [6.07, 6.45) is 1.37. The maximum Gasteiger partial charge on any atom is 0.347 e. The quantitative estimate of drug-likeness (QED) is 0.405. The second-order valence-corrected chi connectivity index (χ2v) is 3.15. The summed E-state index contributed by atoms with van der Waals surface area (Å²) in [6, 6.07) is 0. The number of esters is 2. The first kappa shape index (κ1) is 11.7. The Kier molecular flexibility index (Phi) is 6.11. The molecule has 0 unspecified atom stereocenters. The molecule has 3 nitrogen and oxygen atoms in total. The molecular weight excluding hydrogens is 203 g/mol. The number of unbranched alkanes of at least 4 members (excludes halogenated alkanes) is 1. The highest BCUT2D eigenvalue weighted by molar-refractivity contribution is 6.53. The van der Waals surface area contributed by atoms with Crippen LogP contribution in [0.4, 0.5) is 0 Å². The van der Waals surface area contributed by atoms with Crippen LogP contribution < -0.4 is 0 Å². The number of alkyl halides is 2. The van der Waals surface area contributed by atoms with Crippen molar-refractivity contribution in [2.45, 2.75) is 24.1 Å². The number of carbonyl (C=O) groups is 2. The second kappa shape index (κ2) is 6.26. The number of rotatable bonds is 4. The van der Waals surface area contributed by atoms with Crippen LogP contribution in [0.25, 0.3) is 0 Å². The average Bonchev–Trinajstić information content (AvgIpc) is 2.00. The molecule has 0 spiro atoms. The van der Waals surface area contributed by atoms with E-state index in [1.807, 2.05) is 0 Å². The van der Waals surface area contributed by atoms with Gasteiger partial charge in [-0.1, -0.05) is 36.5 Å².